The Morgan fingerprint density at radius 1 is 1.33 bits per heavy atom. The SMILES string of the molecule is CCC1OCCOC1C. The maximum Gasteiger partial charge on any atom is 0.0832 e. The standard InChI is InChI=1S/C7H14O2/c1-3-7-6(2)8-4-5-9-7/h6-7H,3-5H2,1-2H3. The van der Waals surface area contributed by atoms with E-state index in [1.807, 2.05) is 0 Å². The van der Waals surface area contributed by atoms with Gasteiger partial charge in [-0.2, -0.15) is 0 Å². The van der Waals surface area contributed by atoms with E-state index in [0.717, 1.165) is 19.6 Å². The maximum atomic E-state index is 5.41. The van der Waals surface area contributed by atoms with E-state index in [1.165, 1.54) is 0 Å². The molecule has 2 atom stereocenters. The lowest BCUT2D eigenvalue weighted by atomic mass is 10.1. The summed E-state index contributed by atoms with van der Waals surface area (Å²) < 4.78 is 10.8. The Hall–Kier alpha value is -0.0800. The minimum absolute atomic E-state index is 0.295. The van der Waals surface area contributed by atoms with Crippen molar-refractivity contribution in [3.05, 3.63) is 0 Å². The van der Waals surface area contributed by atoms with E-state index in [0.29, 0.717) is 12.2 Å². The topological polar surface area (TPSA) is 18.5 Å². The molecule has 0 aromatic heterocycles. The smallest absolute Gasteiger partial charge is 0.0832 e. The van der Waals surface area contributed by atoms with E-state index in [1.54, 1.807) is 0 Å². The quantitative estimate of drug-likeness (QED) is 0.531. The van der Waals surface area contributed by atoms with E-state index in [-0.39, 0.29) is 0 Å². The lowest BCUT2D eigenvalue weighted by Gasteiger charge is -2.28. The highest BCUT2D eigenvalue weighted by Crippen LogP contribution is 2.11. The Balaban J connectivity index is 2.30. The molecule has 9 heavy (non-hydrogen) atoms. The third-order valence-electron chi connectivity index (χ3n) is 1.72. The molecule has 0 bridgehead atoms. The van der Waals surface area contributed by atoms with Crippen LogP contribution in [-0.2, 0) is 9.47 Å². The molecule has 0 aromatic rings. The lowest BCUT2D eigenvalue weighted by Crippen LogP contribution is -2.35. The number of rotatable bonds is 1. The van der Waals surface area contributed by atoms with E-state index in [2.05, 4.69) is 13.8 Å². The Morgan fingerprint density at radius 3 is 2.44 bits per heavy atom. The Morgan fingerprint density at radius 2 is 2.00 bits per heavy atom. The number of hydrogen-bond acceptors (Lipinski definition) is 2. The van der Waals surface area contributed by atoms with Crippen LogP contribution in [0.25, 0.3) is 0 Å². The predicted molar refractivity (Wildman–Crippen MR) is 35.4 cm³/mol. The van der Waals surface area contributed by atoms with Crippen LogP contribution in [0.1, 0.15) is 20.3 Å². The first-order valence-corrected chi connectivity index (χ1v) is 3.57. The van der Waals surface area contributed by atoms with Crippen molar-refractivity contribution in [2.75, 3.05) is 13.2 Å². The van der Waals surface area contributed by atoms with Crippen molar-refractivity contribution < 1.29 is 9.47 Å². The van der Waals surface area contributed by atoms with Crippen molar-refractivity contribution in [3.63, 3.8) is 0 Å². The van der Waals surface area contributed by atoms with Crippen LogP contribution in [0.3, 0.4) is 0 Å². The fraction of sp³-hybridized carbons (Fsp3) is 1.00. The van der Waals surface area contributed by atoms with E-state index in [4.69, 9.17) is 9.47 Å². The zero-order valence-electron chi connectivity index (χ0n) is 6.09. The highest BCUT2D eigenvalue weighted by atomic mass is 16.6. The molecule has 0 aromatic carbocycles. The van der Waals surface area contributed by atoms with Crippen molar-refractivity contribution in [2.45, 2.75) is 32.5 Å². The largest absolute Gasteiger partial charge is 0.373 e. The Kier molecular flexibility index (Phi) is 2.49. The molecule has 2 heteroatoms. The van der Waals surface area contributed by atoms with E-state index in [9.17, 15) is 0 Å². The summed E-state index contributed by atoms with van der Waals surface area (Å²) in [5, 5.41) is 0. The van der Waals surface area contributed by atoms with Crippen LogP contribution < -0.4 is 0 Å². The minimum atomic E-state index is 0.295. The summed E-state index contributed by atoms with van der Waals surface area (Å²) in [5.74, 6) is 0. The van der Waals surface area contributed by atoms with Crippen molar-refractivity contribution in [1.29, 1.82) is 0 Å². The van der Waals surface area contributed by atoms with Gasteiger partial charge in [0.05, 0.1) is 25.4 Å². The number of ether oxygens (including phenoxy) is 2. The second kappa shape index (κ2) is 3.18. The fourth-order valence-electron chi connectivity index (χ4n) is 1.13. The van der Waals surface area contributed by atoms with Gasteiger partial charge >= 0.3 is 0 Å². The van der Waals surface area contributed by atoms with E-state index < -0.39 is 0 Å². The molecule has 0 amide bonds. The van der Waals surface area contributed by atoms with E-state index >= 15 is 0 Å². The molecule has 0 radical (unpaired) electrons. The van der Waals surface area contributed by atoms with Crippen LogP contribution >= 0.6 is 0 Å². The Bertz CT molecular complexity index is 83.0. The van der Waals surface area contributed by atoms with Gasteiger partial charge in [-0.25, -0.2) is 0 Å². The molecule has 0 aliphatic carbocycles. The average molecular weight is 130 g/mol. The van der Waals surface area contributed by atoms with Gasteiger partial charge in [-0.1, -0.05) is 6.92 Å². The Labute approximate surface area is 56.2 Å². The molecule has 0 N–H and O–H groups in total. The van der Waals surface area contributed by atoms with Gasteiger partial charge < -0.3 is 9.47 Å². The summed E-state index contributed by atoms with van der Waals surface area (Å²) in [7, 11) is 0. The van der Waals surface area contributed by atoms with Crippen LogP contribution in [0.15, 0.2) is 0 Å². The first-order valence-electron chi connectivity index (χ1n) is 3.57. The molecule has 1 rings (SSSR count). The minimum Gasteiger partial charge on any atom is -0.373 e. The summed E-state index contributed by atoms with van der Waals surface area (Å²) >= 11 is 0. The first kappa shape index (κ1) is 7.03. The van der Waals surface area contributed by atoms with Crippen LogP contribution in [0, 0.1) is 0 Å². The van der Waals surface area contributed by atoms with Crippen molar-refractivity contribution in [2.24, 2.45) is 0 Å². The molecule has 54 valence electrons. The normalized spacial score (nSPS) is 36.7. The molecule has 1 heterocycles. The number of hydrogen-bond donors (Lipinski definition) is 0. The van der Waals surface area contributed by atoms with Crippen molar-refractivity contribution in [3.8, 4) is 0 Å². The van der Waals surface area contributed by atoms with Gasteiger partial charge in [0.25, 0.3) is 0 Å². The zero-order chi connectivity index (χ0) is 6.69. The lowest BCUT2D eigenvalue weighted by molar-refractivity contribution is -0.132. The molecule has 2 nitrogen and oxygen atoms in total. The van der Waals surface area contributed by atoms with Gasteiger partial charge in [-0.15, -0.1) is 0 Å². The first-order chi connectivity index (χ1) is 4.34. The predicted octanol–water partition coefficient (Wildman–Crippen LogP) is 1.20. The second-order valence-electron chi connectivity index (χ2n) is 2.39. The summed E-state index contributed by atoms with van der Waals surface area (Å²) in [6.07, 6.45) is 1.68. The third kappa shape index (κ3) is 1.66. The van der Waals surface area contributed by atoms with Gasteiger partial charge in [0, 0.05) is 0 Å². The fourth-order valence-corrected chi connectivity index (χ4v) is 1.13. The summed E-state index contributed by atoms with van der Waals surface area (Å²) in [5.41, 5.74) is 0. The van der Waals surface area contributed by atoms with Crippen molar-refractivity contribution >= 4 is 0 Å². The van der Waals surface area contributed by atoms with Gasteiger partial charge in [0.2, 0.25) is 0 Å². The summed E-state index contributed by atoms with van der Waals surface area (Å²) in [6, 6.07) is 0. The molecule has 1 aliphatic heterocycles. The second-order valence-corrected chi connectivity index (χ2v) is 2.39. The molecule has 0 saturated carbocycles. The highest BCUT2D eigenvalue weighted by molar-refractivity contribution is 4.67. The molecular formula is C7H14O2. The van der Waals surface area contributed by atoms with Crippen LogP contribution in [0.2, 0.25) is 0 Å². The monoisotopic (exact) mass is 130 g/mol. The molecule has 2 unspecified atom stereocenters. The molecule has 0 spiro atoms. The van der Waals surface area contributed by atoms with Crippen LogP contribution in [0.5, 0.6) is 0 Å². The van der Waals surface area contributed by atoms with Gasteiger partial charge in [-0.3, -0.25) is 0 Å². The molecular weight excluding hydrogens is 116 g/mol. The molecule has 1 saturated heterocycles. The third-order valence-corrected chi connectivity index (χ3v) is 1.72. The highest BCUT2D eigenvalue weighted by Gasteiger charge is 2.19. The average Bonchev–Trinajstić information content (AvgIpc) is 1.89. The van der Waals surface area contributed by atoms with Crippen molar-refractivity contribution in [1.82, 2.24) is 0 Å². The van der Waals surface area contributed by atoms with Crippen LogP contribution in [-0.4, -0.2) is 25.4 Å². The molecule has 1 fully saturated rings. The molecule has 1 aliphatic rings. The van der Waals surface area contributed by atoms with Gasteiger partial charge in [0.1, 0.15) is 0 Å². The van der Waals surface area contributed by atoms with Crippen LogP contribution in [0.4, 0.5) is 0 Å². The summed E-state index contributed by atoms with van der Waals surface area (Å²) in [4.78, 5) is 0. The summed E-state index contributed by atoms with van der Waals surface area (Å²) in [6.45, 7) is 5.71. The maximum absolute atomic E-state index is 5.41. The zero-order valence-corrected chi connectivity index (χ0v) is 6.09. The van der Waals surface area contributed by atoms with Gasteiger partial charge in [-0.05, 0) is 13.3 Å². The van der Waals surface area contributed by atoms with Gasteiger partial charge in [0.15, 0.2) is 0 Å².